The van der Waals surface area contributed by atoms with Crippen molar-refractivity contribution in [2.45, 2.75) is 25.4 Å². The monoisotopic (exact) mass is 331 g/mol. The van der Waals surface area contributed by atoms with E-state index in [4.69, 9.17) is 11.6 Å². The first-order valence-electron chi connectivity index (χ1n) is 5.86. The van der Waals surface area contributed by atoms with Gasteiger partial charge in [-0.25, -0.2) is 0 Å². The molecule has 0 spiro atoms. The normalized spacial score (nSPS) is 24.1. The molecule has 1 fully saturated rings. The maximum absolute atomic E-state index is 12.3. The number of hydrogen-bond donors (Lipinski definition) is 1. The number of hydrogen-bond acceptors (Lipinski definition) is 2. The standard InChI is InChI=1S/C13H15BrClNO2/c1-13(18)5-2-6-16(8-13)12(17)10-4-3-9(14)7-11(10)15/h3-4,7,18H,2,5-6,8H2,1H3. The molecule has 5 heteroatoms. The lowest BCUT2D eigenvalue weighted by molar-refractivity contribution is -0.0107. The minimum absolute atomic E-state index is 0.118. The Labute approximate surface area is 120 Å². The van der Waals surface area contributed by atoms with Crippen LogP contribution in [-0.4, -0.2) is 34.6 Å². The van der Waals surface area contributed by atoms with Gasteiger partial charge < -0.3 is 10.0 Å². The van der Waals surface area contributed by atoms with Crippen LogP contribution in [0.5, 0.6) is 0 Å². The minimum atomic E-state index is -0.796. The number of rotatable bonds is 1. The molecule has 1 heterocycles. The van der Waals surface area contributed by atoms with Gasteiger partial charge in [-0.2, -0.15) is 0 Å². The fourth-order valence-electron chi connectivity index (χ4n) is 2.23. The van der Waals surface area contributed by atoms with Crippen molar-refractivity contribution in [3.63, 3.8) is 0 Å². The van der Waals surface area contributed by atoms with Crippen molar-refractivity contribution in [1.29, 1.82) is 0 Å². The SMILES string of the molecule is CC1(O)CCCN(C(=O)c2ccc(Br)cc2Cl)C1. The summed E-state index contributed by atoms with van der Waals surface area (Å²) >= 11 is 9.38. The summed E-state index contributed by atoms with van der Waals surface area (Å²) in [5.74, 6) is -0.118. The van der Waals surface area contributed by atoms with E-state index in [2.05, 4.69) is 15.9 Å². The Kier molecular flexibility index (Phi) is 3.99. The van der Waals surface area contributed by atoms with E-state index >= 15 is 0 Å². The lowest BCUT2D eigenvalue weighted by Gasteiger charge is -2.37. The van der Waals surface area contributed by atoms with Gasteiger partial charge in [0.2, 0.25) is 0 Å². The largest absolute Gasteiger partial charge is 0.388 e. The van der Waals surface area contributed by atoms with Gasteiger partial charge in [-0.05, 0) is 38.0 Å². The summed E-state index contributed by atoms with van der Waals surface area (Å²) in [4.78, 5) is 14.0. The van der Waals surface area contributed by atoms with Crippen molar-refractivity contribution >= 4 is 33.4 Å². The molecule has 0 bridgehead atoms. The van der Waals surface area contributed by atoms with Crippen molar-refractivity contribution in [1.82, 2.24) is 4.90 Å². The van der Waals surface area contributed by atoms with E-state index in [0.29, 0.717) is 23.7 Å². The van der Waals surface area contributed by atoms with E-state index < -0.39 is 5.60 Å². The summed E-state index contributed by atoms with van der Waals surface area (Å²) in [6.45, 7) is 2.79. The highest BCUT2D eigenvalue weighted by Crippen LogP contribution is 2.26. The van der Waals surface area contributed by atoms with Crippen LogP contribution in [0.4, 0.5) is 0 Å². The molecule has 3 nitrogen and oxygen atoms in total. The quantitative estimate of drug-likeness (QED) is 0.858. The van der Waals surface area contributed by atoms with Gasteiger partial charge in [-0.15, -0.1) is 0 Å². The number of likely N-dealkylation sites (tertiary alicyclic amines) is 1. The molecule has 1 N–H and O–H groups in total. The molecular formula is C13H15BrClNO2. The van der Waals surface area contributed by atoms with Crippen molar-refractivity contribution < 1.29 is 9.90 Å². The van der Waals surface area contributed by atoms with Crippen molar-refractivity contribution in [3.8, 4) is 0 Å². The molecule has 1 atom stereocenters. The van der Waals surface area contributed by atoms with Gasteiger partial charge in [0.1, 0.15) is 0 Å². The van der Waals surface area contributed by atoms with Crippen LogP contribution in [-0.2, 0) is 0 Å². The molecule has 0 aliphatic carbocycles. The molecular weight excluding hydrogens is 318 g/mol. The summed E-state index contributed by atoms with van der Waals surface area (Å²) in [7, 11) is 0. The van der Waals surface area contributed by atoms with Crippen LogP contribution in [0.15, 0.2) is 22.7 Å². The number of piperidine rings is 1. The van der Waals surface area contributed by atoms with Crippen LogP contribution < -0.4 is 0 Å². The number of carbonyl (C=O) groups is 1. The third kappa shape index (κ3) is 3.05. The Balaban J connectivity index is 2.20. The first-order valence-corrected chi connectivity index (χ1v) is 7.03. The molecule has 1 aliphatic heterocycles. The molecule has 1 aliphatic rings. The molecule has 0 saturated carbocycles. The summed E-state index contributed by atoms with van der Waals surface area (Å²) in [6, 6.07) is 5.20. The van der Waals surface area contributed by atoms with E-state index in [-0.39, 0.29) is 5.91 Å². The van der Waals surface area contributed by atoms with E-state index in [1.54, 1.807) is 30.0 Å². The molecule has 1 aromatic carbocycles. The number of β-amino-alcohol motifs (C(OH)–C–C–N with tert-alkyl or cyclic N) is 1. The van der Waals surface area contributed by atoms with Gasteiger partial charge in [-0.1, -0.05) is 27.5 Å². The van der Waals surface area contributed by atoms with E-state index in [1.807, 2.05) is 0 Å². The molecule has 1 aromatic rings. The Morgan fingerprint density at radius 2 is 2.28 bits per heavy atom. The zero-order chi connectivity index (χ0) is 13.3. The maximum atomic E-state index is 12.3. The molecule has 1 saturated heterocycles. The second kappa shape index (κ2) is 5.19. The molecule has 1 unspecified atom stereocenters. The van der Waals surface area contributed by atoms with Crippen molar-refractivity contribution in [2.24, 2.45) is 0 Å². The second-order valence-corrected chi connectivity index (χ2v) is 6.27. The number of carbonyl (C=O) groups excluding carboxylic acids is 1. The zero-order valence-corrected chi connectivity index (χ0v) is 12.5. The van der Waals surface area contributed by atoms with E-state index in [0.717, 1.165) is 17.3 Å². The first-order chi connectivity index (χ1) is 8.39. The molecule has 18 heavy (non-hydrogen) atoms. The predicted molar refractivity (Wildman–Crippen MR) is 74.9 cm³/mol. The summed E-state index contributed by atoms with van der Waals surface area (Å²) < 4.78 is 0.842. The zero-order valence-electron chi connectivity index (χ0n) is 10.1. The predicted octanol–water partition coefficient (Wildman–Crippen LogP) is 3.09. The lowest BCUT2D eigenvalue weighted by atomic mass is 9.94. The van der Waals surface area contributed by atoms with Gasteiger partial charge in [0.15, 0.2) is 0 Å². The molecule has 0 aromatic heterocycles. The average molecular weight is 333 g/mol. The highest BCUT2D eigenvalue weighted by molar-refractivity contribution is 9.10. The van der Waals surface area contributed by atoms with E-state index in [9.17, 15) is 9.90 Å². The Bertz CT molecular complexity index is 476. The van der Waals surface area contributed by atoms with Gasteiger partial charge in [-0.3, -0.25) is 4.79 Å². The van der Waals surface area contributed by atoms with Crippen LogP contribution in [0.1, 0.15) is 30.1 Å². The van der Waals surface area contributed by atoms with Gasteiger partial charge in [0, 0.05) is 17.6 Å². The van der Waals surface area contributed by atoms with E-state index in [1.165, 1.54) is 0 Å². The van der Waals surface area contributed by atoms with Crippen LogP contribution in [0, 0.1) is 0 Å². The molecule has 0 radical (unpaired) electrons. The van der Waals surface area contributed by atoms with Crippen LogP contribution in [0.3, 0.4) is 0 Å². The topological polar surface area (TPSA) is 40.5 Å². The molecule has 98 valence electrons. The van der Waals surface area contributed by atoms with Crippen LogP contribution in [0.25, 0.3) is 0 Å². The van der Waals surface area contributed by atoms with Crippen LogP contribution >= 0.6 is 27.5 Å². The number of aliphatic hydroxyl groups is 1. The number of benzene rings is 1. The maximum Gasteiger partial charge on any atom is 0.255 e. The smallest absolute Gasteiger partial charge is 0.255 e. The fourth-order valence-corrected chi connectivity index (χ4v) is 2.98. The number of halogens is 2. The Morgan fingerprint density at radius 1 is 1.56 bits per heavy atom. The number of nitrogens with zero attached hydrogens (tertiary/aromatic N) is 1. The first kappa shape index (κ1) is 13.8. The minimum Gasteiger partial charge on any atom is -0.388 e. The second-order valence-electron chi connectivity index (χ2n) is 4.95. The summed E-state index contributed by atoms with van der Waals surface area (Å²) in [5, 5.41) is 10.4. The molecule has 2 rings (SSSR count). The van der Waals surface area contributed by atoms with Crippen LogP contribution in [0.2, 0.25) is 5.02 Å². The van der Waals surface area contributed by atoms with Gasteiger partial charge in [0.25, 0.3) is 5.91 Å². The average Bonchev–Trinajstić information content (AvgIpc) is 2.27. The Hall–Kier alpha value is -0.580. The highest BCUT2D eigenvalue weighted by atomic mass is 79.9. The van der Waals surface area contributed by atoms with Gasteiger partial charge >= 0.3 is 0 Å². The van der Waals surface area contributed by atoms with Crippen molar-refractivity contribution in [2.75, 3.05) is 13.1 Å². The summed E-state index contributed by atoms with van der Waals surface area (Å²) in [6.07, 6.45) is 1.54. The van der Waals surface area contributed by atoms with Gasteiger partial charge in [0.05, 0.1) is 16.2 Å². The lowest BCUT2D eigenvalue weighted by Crippen LogP contribution is -2.48. The van der Waals surface area contributed by atoms with Crippen molar-refractivity contribution in [3.05, 3.63) is 33.3 Å². The third-order valence-corrected chi connectivity index (χ3v) is 3.93. The highest BCUT2D eigenvalue weighted by Gasteiger charge is 2.31. The third-order valence-electron chi connectivity index (χ3n) is 3.12. The number of amides is 1. The molecule has 1 amide bonds. The Morgan fingerprint density at radius 3 is 2.89 bits per heavy atom. The summed E-state index contributed by atoms with van der Waals surface area (Å²) in [5.41, 5.74) is -0.312. The fraction of sp³-hybridized carbons (Fsp3) is 0.462.